The second-order valence-electron chi connectivity index (χ2n) is 5.72. The molecular weight excluding hydrogens is 316 g/mol. The van der Waals surface area contributed by atoms with Crippen LogP contribution in [0, 0.1) is 0 Å². The van der Waals surface area contributed by atoms with Gasteiger partial charge in [-0.3, -0.25) is 4.57 Å². The first-order valence-electron chi connectivity index (χ1n) is 8.30. The number of hydrogen-bond donors (Lipinski definition) is 1. The molecule has 0 unspecified atom stereocenters. The lowest BCUT2D eigenvalue weighted by molar-refractivity contribution is 0.304. The van der Waals surface area contributed by atoms with Crippen LogP contribution in [0.5, 0.6) is 17.5 Å². The largest absolute Gasteiger partial charge is 0.489 e. The van der Waals surface area contributed by atoms with E-state index in [0.29, 0.717) is 30.7 Å². The zero-order valence-corrected chi connectivity index (χ0v) is 14.4. The summed E-state index contributed by atoms with van der Waals surface area (Å²) in [4.78, 5) is 0. The fourth-order valence-corrected chi connectivity index (χ4v) is 2.48. The van der Waals surface area contributed by atoms with Crippen LogP contribution in [0.2, 0.25) is 0 Å². The maximum atomic E-state index is 5.92. The molecule has 3 rings (SSSR count). The van der Waals surface area contributed by atoms with Gasteiger partial charge in [0, 0.05) is 12.6 Å². The Kier molecular flexibility index (Phi) is 5.30. The molecule has 0 aliphatic rings. The molecule has 6 heteroatoms. The molecule has 3 aromatic rings. The van der Waals surface area contributed by atoms with Gasteiger partial charge in [-0.2, -0.15) is 0 Å². The van der Waals surface area contributed by atoms with Gasteiger partial charge in [0.25, 0.3) is 0 Å². The number of hydrogen-bond acceptors (Lipinski definition) is 5. The summed E-state index contributed by atoms with van der Waals surface area (Å²) in [6.45, 7) is 5.06. The predicted molar refractivity (Wildman–Crippen MR) is 95.6 cm³/mol. The average Bonchev–Trinajstić information content (AvgIpc) is 3.04. The number of ether oxygens (including phenoxy) is 2. The molecule has 130 valence electrons. The van der Waals surface area contributed by atoms with E-state index in [2.05, 4.69) is 10.2 Å². The van der Waals surface area contributed by atoms with E-state index in [1.165, 1.54) is 0 Å². The molecule has 0 spiro atoms. The summed E-state index contributed by atoms with van der Waals surface area (Å²) in [5.41, 5.74) is 7.03. The van der Waals surface area contributed by atoms with E-state index in [1.54, 1.807) is 0 Å². The number of rotatable bonds is 7. The van der Waals surface area contributed by atoms with Crippen LogP contribution in [-0.4, -0.2) is 14.8 Å². The van der Waals surface area contributed by atoms with Gasteiger partial charge < -0.3 is 15.2 Å². The molecule has 25 heavy (non-hydrogen) atoms. The normalized spacial score (nSPS) is 12.0. The second kappa shape index (κ2) is 7.81. The first-order chi connectivity index (χ1) is 12.2. The van der Waals surface area contributed by atoms with E-state index in [0.717, 1.165) is 11.3 Å². The molecule has 2 aromatic carbocycles. The Morgan fingerprint density at radius 3 is 2.52 bits per heavy atom. The van der Waals surface area contributed by atoms with Crippen LogP contribution in [0.3, 0.4) is 0 Å². The number of nitrogens with two attached hydrogens (primary N) is 1. The molecule has 1 aromatic heterocycles. The molecule has 0 fully saturated rings. The van der Waals surface area contributed by atoms with Gasteiger partial charge in [-0.15, -0.1) is 5.10 Å². The number of benzene rings is 2. The Labute approximate surface area is 147 Å². The zero-order valence-electron chi connectivity index (χ0n) is 14.4. The van der Waals surface area contributed by atoms with Gasteiger partial charge in [0.15, 0.2) is 5.82 Å². The van der Waals surface area contributed by atoms with Crippen LogP contribution in [0.15, 0.2) is 54.6 Å². The highest BCUT2D eigenvalue weighted by Crippen LogP contribution is 2.26. The molecule has 0 aliphatic heterocycles. The van der Waals surface area contributed by atoms with Gasteiger partial charge in [0.2, 0.25) is 0 Å². The third-order valence-corrected chi connectivity index (χ3v) is 3.73. The van der Waals surface area contributed by atoms with Gasteiger partial charge in [-0.25, -0.2) is 0 Å². The predicted octanol–water partition coefficient (Wildman–Crippen LogP) is 3.69. The minimum atomic E-state index is -0.203. The van der Waals surface area contributed by atoms with Crippen LogP contribution in [0.4, 0.5) is 0 Å². The maximum Gasteiger partial charge on any atom is 0.322 e. The molecule has 1 atom stereocenters. The van der Waals surface area contributed by atoms with Gasteiger partial charge in [-0.1, -0.05) is 41.5 Å². The summed E-state index contributed by atoms with van der Waals surface area (Å²) in [6, 6.07) is 17.7. The lowest BCUT2D eigenvalue weighted by Gasteiger charge is -2.11. The quantitative estimate of drug-likeness (QED) is 0.711. The zero-order chi connectivity index (χ0) is 17.6. The minimum Gasteiger partial charge on any atom is -0.489 e. The fraction of sp³-hybridized carbons (Fsp3) is 0.263. The molecule has 0 saturated carbocycles. The first kappa shape index (κ1) is 17.0. The molecule has 0 radical (unpaired) electrons. The second-order valence-corrected chi connectivity index (χ2v) is 5.72. The van der Waals surface area contributed by atoms with Crippen LogP contribution in [-0.2, 0) is 13.2 Å². The summed E-state index contributed by atoms with van der Waals surface area (Å²) in [5.74, 6) is 2.08. The molecule has 6 nitrogen and oxygen atoms in total. The highest BCUT2D eigenvalue weighted by molar-refractivity contribution is 5.34. The third kappa shape index (κ3) is 4.16. The number of nitrogens with zero attached hydrogens (tertiary/aromatic N) is 3. The van der Waals surface area contributed by atoms with E-state index < -0.39 is 0 Å². The minimum absolute atomic E-state index is 0.203. The van der Waals surface area contributed by atoms with Crippen molar-refractivity contribution in [1.29, 1.82) is 0 Å². The Hall–Kier alpha value is -2.86. The van der Waals surface area contributed by atoms with Crippen molar-refractivity contribution < 1.29 is 9.47 Å². The van der Waals surface area contributed by atoms with Crippen molar-refractivity contribution in [3.63, 3.8) is 0 Å². The standard InChI is InChI=1S/C19H22N4O2/c1-3-23-18(14(2)20)21-22-19(23)25-17-11-7-10-16(12-17)24-13-15-8-5-4-6-9-15/h4-12,14H,3,13,20H2,1-2H3/t14-/m1/s1. The monoisotopic (exact) mass is 338 g/mol. The van der Waals surface area contributed by atoms with Crippen molar-refractivity contribution >= 4 is 0 Å². The smallest absolute Gasteiger partial charge is 0.322 e. The van der Waals surface area contributed by atoms with Gasteiger partial charge in [-0.05, 0) is 31.5 Å². The lowest BCUT2D eigenvalue weighted by Crippen LogP contribution is -2.13. The average molecular weight is 338 g/mol. The molecule has 0 aliphatic carbocycles. The van der Waals surface area contributed by atoms with Crippen LogP contribution in [0.1, 0.15) is 31.3 Å². The van der Waals surface area contributed by atoms with Crippen molar-refractivity contribution in [3.8, 4) is 17.5 Å². The highest BCUT2D eigenvalue weighted by Gasteiger charge is 2.15. The Bertz CT molecular complexity index is 815. The summed E-state index contributed by atoms with van der Waals surface area (Å²) in [7, 11) is 0. The van der Waals surface area contributed by atoms with Crippen LogP contribution >= 0.6 is 0 Å². The Balaban J connectivity index is 1.72. The molecular formula is C19H22N4O2. The molecule has 1 heterocycles. The van der Waals surface area contributed by atoms with E-state index in [9.17, 15) is 0 Å². The summed E-state index contributed by atoms with van der Waals surface area (Å²) < 4.78 is 13.6. The first-order valence-corrected chi connectivity index (χ1v) is 8.30. The van der Waals surface area contributed by atoms with E-state index in [1.807, 2.05) is 73.0 Å². The van der Waals surface area contributed by atoms with E-state index >= 15 is 0 Å². The maximum absolute atomic E-state index is 5.92. The van der Waals surface area contributed by atoms with E-state index in [4.69, 9.17) is 15.2 Å². The van der Waals surface area contributed by atoms with Crippen molar-refractivity contribution in [1.82, 2.24) is 14.8 Å². The Morgan fingerprint density at radius 2 is 1.80 bits per heavy atom. The van der Waals surface area contributed by atoms with Crippen molar-refractivity contribution in [2.75, 3.05) is 0 Å². The molecule has 0 saturated heterocycles. The molecule has 0 bridgehead atoms. The van der Waals surface area contributed by atoms with Gasteiger partial charge >= 0.3 is 6.01 Å². The summed E-state index contributed by atoms with van der Waals surface area (Å²) in [6.07, 6.45) is 0. The van der Waals surface area contributed by atoms with Gasteiger partial charge in [0.05, 0.1) is 6.04 Å². The van der Waals surface area contributed by atoms with Crippen molar-refractivity contribution in [2.45, 2.75) is 33.0 Å². The molecule has 0 amide bonds. The van der Waals surface area contributed by atoms with Crippen molar-refractivity contribution in [3.05, 3.63) is 66.0 Å². The van der Waals surface area contributed by atoms with E-state index in [-0.39, 0.29) is 6.04 Å². The SMILES string of the molecule is CCn1c(Oc2cccc(OCc3ccccc3)c2)nnc1[C@@H](C)N. The van der Waals surface area contributed by atoms with Crippen LogP contribution < -0.4 is 15.2 Å². The molecule has 2 N–H and O–H groups in total. The third-order valence-electron chi connectivity index (χ3n) is 3.73. The fourth-order valence-electron chi connectivity index (χ4n) is 2.48. The summed E-state index contributed by atoms with van der Waals surface area (Å²) in [5, 5.41) is 8.21. The Morgan fingerprint density at radius 1 is 1.04 bits per heavy atom. The van der Waals surface area contributed by atoms with Crippen molar-refractivity contribution in [2.24, 2.45) is 5.73 Å². The topological polar surface area (TPSA) is 75.2 Å². The lowest BCUT2D eigenvalue weighted by atomic mass is 10.2. The summed E-state index contributed by atoms with van der Waals surface area (Å²) >= 11 is 0. The van der Waals surface area contributed by atoms with Gasteiger partial charge in [0.1, 0.15) is 18.1 Å². The number of aromatic nitrogens is 3. The highest BCUT2D eigenvalue weighted by atomic mass is 16.5. The van der Waals surface area contributed by atoms with Crippen LogP contribution in [0.25, 0.3) is 0 Å².